The van der Waals surface area contributed by atoms with Gasteiger partial charge in [0, 0.05) is 45.5 Å². The highest BCUT2D eigenvalue weighted by molar-refractivity contribution is 5.75. The second-order valence-electron chi connectivity index (χ2n) is 25.3. The quantitative estimate of drug-likeness (QED) is 0.0339. The van der Waals surface area contributed by atoms with Crippen molar-refractivity contribution in [1.29, 1.82) is 0 Å². The van der Waals surface area contributed by atoms with Crippen LogP contribution in [0.4, 0.5) is 0 Å². The van der Waals surface area contributed by atoms with Crippen LogP contribution in [-0.2, 0) is 9.53 Å². The van der Waals surface area contributed by atoms with Crippen molar-refractivity contribution in [3.05, 3.63) is 240 Å². The van der Waals surface area contributed by atoms with Crippen molar-refractivity contribution in [2.75, 3.05) is 19.8 Å². The summed E-state index contributed by atoms with van der Waals surface area (Å²) in [6.45, 7) is 17.5. The summed E-state index contributed by atoms with van der Waals surface area (Å²) < 4.78 is 17.0. The van der Waals surface area contributed by atoms with Crippen molar-refractivity contribution in [3.63, 3.8) is 0 Å². The van der Waals surface area contributed by atoms with E-state index in [1.807, 2.05) is 159 Å². The number of rotatable bonds is 26. The molecule has 0 saturated carbocycles. The van der Waals surface area contributed by atoms with Gasteiger partial charge in [-0.2, -0.15) is 0 Å². The first-order valence-electron chi connectivity index (χ1n) is 35.2. The van der Waals surface area contributed by atoms with Gasteiger partial charge in [0.25, 0.3) is 0 Å². The number of esters is 1. The average molecular weight is 1360 g/mol. The number of hydrogen-bond donors (Lipinski definition) is 3. The molecule has 0 spiro atoms. The predicted octanol–water partition coefficient (Wildman–Crippen LogP) is 20.2. The Balaban J connectivity index is 0.000000168. The molecule has 16 nitrogen and oxygen atoms in total. The summed E-state index contributed by atoms with van der Waals surface area (Å²) >= 11 is 0. The minimum atomic E-state index is -0.180. The van der Waals surface area contributed by atoms with Crippen LogP contribution in [0.5, 0.6) is 28.7 Å². The van der Waals surface area contributed by atoms with E-state index in [9.17, 15) is 20.1 Å². The largest absolute Gasteiger partial charge is 0.507 e. The molecule has 9 aromatic carbocycles. The van der Waals surface area contributed by atoms with Crippen LogP contribution in [0.25, 0.3) is 102 Å². The SMILES string of the molecule is CCCCC(CC)C(=O)OCCOc1ccc(-c2nc(-c3ccccc3)nc(-c3ccccc3)n2)c(O)c1.CCCCCCCCOc1ccc(-c2nc(-c3ccc(C)cc3C)nc(-c3ccc(C)cc3C)n2)c(O)c1.Cc1ccc(-c2nc(-c3ccccc3)nc(-c3ccccc3)n2)c(O)c1. The Hall–Kier alpha value is -11.5. The monoisotopic (exact) mass is 1360 g/mol. The maximum atomic E-state index is 12.3. The van der Waals surface area contributed by atoms with Gasteiger partial charge < -0.3 is 29.5 Å². The molecule has 12 aromatic rings. The van der Waals surface area contributed by atoms with Crippen molar-refractivity contribution in [3.8, 4) is 131 Å². The number of phenols is 3. The smallest absolute Gasteiger partial charge is 0.309 e. The normalized spacial score (nSPS) is 11.2. The highest BCUT2D eigenvalue weighted by Crippen LogP contribution is 2.37. The fourth-order valence-corrected chi connectivity index (χ4v) is 11.6. The van der Waals surface area contributed by atoms with E-state index < -0.39 is 0 Å². The molecule has 0 aliphatic rings. The Morgan fingerprint density at radius 2 is 0.657 bits per heavy atom. The number of nitrogens with zero attached hydrogens (tertiary/aromatic N) is 9. The minimum absolute atomic E-state index is 0.0191. The lowest BCUT2D eigenvalue weighted by Crippen LogP contribution is -2.20. The van der Waals surface area contributed by atoms with Gasteiger partial charge in [-0.05, 0) is 107 Å². The highest BCUT2D eigenvalue weighted by Gasteiger charge is 2.21. The number of aromatic hydroxyl groups is 3. The summed E-state index contributed by atoms with van der Waals surface area (Å²) in [4.78, 5) is 54.6. The molecular formula is C86H89N9O7. The maximum Gasteiger partial charge on any atom is 0.309 e. The van der Waals surface area contributed by atoms with Gasteiger partial charge in [0.05, 0.1) is 29.2 Å². The summed E-state index contributed by atoms with van der Waals surface area (Å²) in [5.41, 5.74) is 12.5. The van der Waals surface area contributed by atoms with Gasteiger partial charge in [-0.3, -0.25) is 4.79 Å². The Bertz CT molecular complexity index is 4530. The standard InChI is InChI=1S/C33H39N3O2.C31H33N3O4.C22H17N3O/c1-6-7-8-9-10-11-18-38-26-14-17-29(30(37)21-26)33-35-31(27-15-12-22(2)19-24(27)4)34-32(36-33)28-16-13-23(3)20-25(28)5;1-3-5-12-22(4-2)31(36)38-20-19-37-25-17-18-26(27(35)21-25)30-33-28(23-13-8-6-9-14-23)32-29(34-30)24-15-10-7-11-16-24;1-15-12-13-18(19(26)14-15)22-24-20(16-8-4-2-5-9-16)23-21(25-22)17-10-6-3-7-11-17/h12-17,19-21,37H,6-11,18H2,1-5H3;6-11,13-18,21-22,35H,3-5,12,19-20H2,1-2H3;2-14,26H,1H3. The van der Waals surface area contributed by atoms with E-state index >= 15 is 0 Å². The van der Waals surface area contributed by atoms with E-state index in [1.54, 1.807) is 24.3 Å². The van der Waals surface area contributed by atoms with E-state index in [-0.39, 0.29) is 42.3 Å². The first-order valence-corrected chi connectivity index (χ1v) is 35.2. The zero-order valence-electron chi connectivity index (χ0n) is 59.5. The predicted molar refractivity (Wildman–Crippen MR) is 406 cm³/mol. The summed E-state index contributed by atoms with van der Waals surface area (Å²) in [7, 11) is 0. The van der Waals surface area contributed by atoms with Crippen LogP contribution in [0.1, 0.15) is 113 Å². The van der Waals surface area contributed by atoms with E-state index in [0.717, 1.165) is 88.6 Å². The molecule has 16 heteroatoms. The third kappa shape index (κ3) is 20.1. The molecule has 102 heavy (non-hydrogen) atoms. The summed E-state index contributed by atoms with van der Waals surface area (Å²) in [5, 5.41) is 32.2. The van der Waals surface area contributed by atoms with Crippen molar-refractivity contribution < 1.29 is 34.3 Å². The van der Waals surface area contributed by atoms with Gasteiger partial charge in [0.2, 0.25) is 0 Å². The number of carbonyl (C=O) groups is 1. The minimum Gasteiger partial charge on any atom is -0.507 e. The molecular weight excluding hydrogens is 1270 g/mol. The van der Waals surface area contributed by atoms with Gasteiger partial charge in [-0.15, -0.1) is 0 Å². The molecule has 1 atom stereocenters. The number of aromatic nitrogens is 9. The highest BCUT2D eigenvalue weighted by atomic mass is 16.6. The van der Waals surface area contributed by atoms with Gasteiger partial charge >= 0.3 is 5.97 Å². The molecule has 0 fully saturated rings. The van der Waals surface area contributed by atoms with Gasteiger partial charge in [0.15, 0.2) is 52.4 Å². The maximum absolute atomic E-state index is 12.3. The van der Waals surface area contributed by atoms with E-state index in [2.05, 4.69) is 108 Å². The average Bonchev–Trinajstić information content (AvgIpc) is 0.878. The second kappa shape index (κ2) is 36.5. The molecule has 0 radical (unpaired) electrons. The van der Waals surface area contributed by atoms with Crippen LogP contribution in [0.3, 0.4) is 0 Å². The van der Waals surface area contributed by atoms with Crippen LogP contribution in [0.2, 0.25) is 0 Å². The van der Waals surface area contributed by atoms with Crippen molar-refractivity contribution in [1.82, 2.24) is 44.9 Å². The lowest BCUT2D eigenvalue weighted by molar-refractivity contribution is -0.149. The molecule has 0 saturated heterocycles. The molecule has 0 amide bonds. The van der Waals surface area contributed by atoms with Gasteiger partial charge in [-0.1, -0.05) is 241 Å². The Morgan fingerprint density at radius 3 is 1.03 bits per heavy atom. The topological polar surface area (TPSA) is 221 Å². The van der Waals surface area contributed by atoms with Crippen LogP contribution >= 0.6 is 0 Å². The number of hydrogen-bond acceptors (Lipinski definition) is 16. The first kappa shape index (κ1) is 73.2. The van der Waals surface area contributed by atoms with E-state index in [4.69, 9.17) is 29.2 Å². The lowest BCUT2D eigenvalue weighted by atomic mass is 10.00. The zero-order chi connectivity index (χ0) is 71.7. The van der Waals surface area contributed by atoms with Crippen LogP contribution < -0.4 is 9.47 Å². The molecule has 3 heterocycles. The van der Waals surface area contributed by atoms with Crippen LogP contribution in [0.15, 0.2) is 212 Å². The molecule has 520 valence electrons. The number of benzene rings is 9. The fraction of sp³-hybridized carbons (Fsp3) is 0.256. The molecule has 0 aliphatic carbocycles. The Morgan fingerprint density at radius 1 is 0.333 bits per heavy atom. The molecule has 12 rings (SSSR count). The number of ether oxygens (including phenoxy) is 3. The van der Waals surface area contributed by atoms with Crippen molar-refractivity contribution >= 4 is 5.97 Å². The van der Waals surface area contributed by atoms with Crippen molar-refractivity contribution in [2.24, 2.45) is 5.92 Å². The Kier molecular flexibility index (Phi) is 26.2. The summed E-state index contributed by atoms with van der Waals surface area (Å²) in [6, 6.07) is 67.2. The molecule has 0 aliphatic heterocycles. The lowest BCUT2D eigenvalue weighted by Gasteiger charge is -2.14. The first-order chi connectivity index (χ1) is 49.6. The van der Waals surface area contributed by atoms with Gasteiger partial charge in [-0.25, -0.2) is 44.9 Å². The number of aryl methyl sites for hydroxylation is 5. The van der Waals surface area contributed by atoms with E-state index in [1.165, 1.54) is 42.9 Å². The van der Waals surface area contributed by atoms with Crippen LogP contribution in [-0.4, -0.2) is 86.0 Å². The van der Waals surface area contributed by atoms with E-state index in [0.29, 0.717) is 87.2 Å². The Labute approximate surface area is 598 Å². The van der Waals surface area contributed by atoms with Crippen molar-refractivity contribution in [2.45, 2.75) is 120 Å². The number of phenolic OH excluding ortho intramolecular Hbond substituents is 3. The third-order valence-corrected chi connectivity index (χ3v) is 17.2. The molecule has 0 bridgehead atoms. The summed E-state index contributed by atoms with van der Waals surface area (Å²) in [6.07, 6.45) is 10.9. The number of unbranched alkanes of at least 4 members (excludes halogenated alkanes) is 6. The third-order valence-electron chi connectivity index (χ3n) is 17.2. The molecule has 3 N–H and O–H groups in total. The van der Waals surface area contributed by atoms with Crippen LogP contribution in [0, 0.1) is 40.5 Å². The zero-order valence-corrected chi connectivity index (χ0v) is 59.5. The second-order valence-corrected chi connectivity index (χ2v) is 25.3. The number of carbonyl (C=O) groups excluding carboxylic acids is 1. The molecule has 1 unspecified atom stereocenters. The van der Waals surface area contributed by atoms with Gasteiger partial charge in [0.1, 0.15) is 42.0 Å². The fourth-order valence-electron chi connectivity index (χ4n) is 11.6. The molecule has 3 aromatic heterocycles. The summed E-state index contributed by atoms with van der Waals surface area (Å²) in [5.74, 6) is 5.70.